The third-order valence-electron chi connectivity index (χ3n) is 4.64. The molecule has 0 bridgehead atoms. The van der Waals surface area contributed by atoms with Gasteiger partial charge in [-0.3, -0.25) is 4.90 Å². The summed E-state index contributed by atoms with van der Waals surface area (Å²) in [4.78, 5) is 18.6. The van der Waals surface area contributed by atoms with Crippen molar-refractivity contribution in [3.8, 4) is 0 Å². The lowest BCUT2D eigenvalue weighted by atomic mass is 10.3. The Balaban J connectivity index is 1.36. The minimum absolute atomic E-state index is 0.0154. The Morgan fingerprint density at radius 1 is 1.23 bits per heavy atom. The predicted octanol–water partition coefficient (Wildman–Crippen LogP) is 1.95. The van der Waals surface area contributed by atoms with Gasteiger partial charge >= 0.3 is 6.03 Å². The van der Waals surface area contributed by atoms with E-state index in [1.807, 2.05) is 43.1 Å². The van der Waals surface area contributed by atoms with Gasteiger partial charge in [0.05, 0.1) is 12.2 Å². The predicted molar refractivity (Wildman–Crippen MR) is 101 cm³/mol. The number of amides is 2. The van der Waals surface area contributed by atoms with Crippen LogP contribution in [0.2, 0.25) is 0 Å². The van der Waals surface area contributed by atoms with E-state index in [4.69, 9.17) is 4.52 Å². The van der Waals surface area contributed by atoms with Gasteiger partial charge in [-0.05, 0) is 19.1 Å². The van der Waals surface area contributed by atoms with Crippen LogP contribution in [0.1, 0.15) is 11.5 Å². The standard InChI is InChI=1S/C19H27N5O2/c1-16-14-18(26-21-16)15-23-10-12-24(13-11-23)19(25)20-8-9-22(2)17-6-4-3-5-7-17/h3-7,14H,8-13,15H2,1-2H3,(H,20,25). The number of nitrogens with one attached hydrogen (secondary N) is 1. The van der Waals surface area contributed by atoms with Crippen molar-refractivity contribution in [1.29, 1.82) is 0 Å². The molecule has 1 fully saturated rings. The maximum atomic E-state index is 12.3. The van der Waals surface area contributed by atoms with E-state index in [-0.39, 0.29) is 6.03 Å². The molecule has 26 heavy (non-hydrogen) atoms. The van der Waals surface area contributed by atoms with E-state index in [9.17, 15) is 4.79 Å². The number of nitrogens with zero attached hydrogens (tertiary/aromatic N) is 4. The van der Waals surface area contributed by atoms with Crippen LogP contribution in [0.5, 0.6) is 0 Å². The average molecular weight is 357 g/mol. The van der Waals surface area contributed by atoms with Crippen LogP contribution < -0.4 is 10.2 Å². The van der Waals surface area contributed by atoms with Gasteiger partial charge in [-0.1, -0.05) is 23.4 Å². The smallest absolute Gasteiger partial charge is 0.317 e. The summed E-state index contributed by atoms with van der Waals surface area (Å²) in [7, 11) is 2.03. The number of carbonyl (C=O) groups is 1. The number of carbonyl (C=O) groups excluding carboxylic acids is 1. The summed E-state index contributed by atoms with van der Waals surface area (Å²) in [6.45, 7) is 7.22. The molecule has 7 heteroatoms. The van der Waals surface area contributed by atoms with Gasteiger partial charge in [-0.25, -0.2) is 4.79 Å². The number of benzene rings is 1. The first-order valence-electron chi connectivity index (χ1n) is 9.05. The van der Waals surface area contributed by atoms with Crippen LogP contribution in [-0.2, 0) is 6.54 Å². The van der Waals surface area contributed by atoms with Crippen molar-refractivity contribution in [1.82, 2.24) is 20.3 Å². The first-order valence-corrected chi connectivity index (χ1v) is 9.05. The van der Waals surface area contributed by atoms with Gasteiger partial charge in [-0.15, -0.1) is 0 Å². The van der Waals surface area contributed by atoms with Crippen LogP contribution in [0.15, 0.2) is 40.9 Å². The fraction of sp³-hybridized carbons (Fsp3) is 0.474. The van der Waals surface area contributed by atoms with Gasteiger partial charge in [0.15, 0.2) is 5.76 Å². The highest BCUT2D eigenvalue weighted by molar-refractivity contribution is 5.74. The molecule has 0 unspecified atom stereocenters. The number of aromatic nitrogens is 1. The lowest BCUT2D eigenvalue weighted by molar-refractivity contribution is 0.128. The second-order valence-electron chi connectivity index (χ2n) is 6.69. The first-order chi connectivity index (χ1) is 12.6. The Kier molecular flexibility index (Phi) is 6.12. The molecule has 2 amide bonds. The molecule has 2 aromatic rings. The molecule has 3 rings (SSSR count). The number of likely N-dealkylation sites (N-methyl/N-ethyl adjacent to an activating group) is 1. The maximum Gasteiger partial charge on any atom is 0.317 e. The molecule has 2 heterocycles. The van der Waals surface area contributed by atoms with Gasteiger partial charge in [0.1, 0.15) is 0 Å². The molecule has 1 N–H and O–H groups in total. The number of hydrogen-bond acceptors (Lipinski definition) is 5. The van der Waals surface area contributed by atoms with Crippen LogP contribution in [-0.4, -0.2) is 67.3 Å². The summed E-state index contributed by atoms with van der Waals surface area (Å²) in [6.07, 6.45) is 0. The summed E-state index contributed by atoms with van der Waals surface area (Å²) in [6, 6.07) is 12.1. The van der Waals surface area contributed by atoms with Crippen molar-refractivity contribution in [3.63, 3.8) is 0 Å². The van der Waals surface area contributed by atoms with Crippen molar-refractivity contribution in [2.24, 2.45) is 0 Å². The Morgan fingerprint density at radius 2 is 1.96 bits per heavy atom. The van der Waals surface area contributed by atoms with E-state index >= 15 is 0 Å². The minimum Gasteiger partial charge on any atom is -0.373 e. The number of urea groups is 1. The van der Waals surface area contributed by atoms with E-state index in [0.29, 0.717) is 6.54 Å². The topological polar surface area (TPSA) is 64.8 Å². The molecule has 0 spiro atoms. The zero-order valence-corrected chi connectivity index (χ0v) is 15.5. The van der Waals surface area contributed by atoms with Crippen LogP contribution in [0.4, 0.5) is 10.5 Å². The molecule has 1 aromatic heterocycles. The first kappa shape index (κ1) is 18.3. The van der Waals surface area contributed by atoms with E-state index in [0.717, 1.165) is 56.4 Å². The third-order valence-corrected chi connectivity index (χ3v) is 4.64. The molecular weight excluding hydrogens is 330 g/mol. The molecule has 7 nitrogen and oxygen atoms in total. The van der Waals surface area contributed by atoms with Crippen molar-refractivity contribution in [2.45, 2.75) is 13.5 Å². The van der Waals surface area contributed by atoms with Crippen LogP contribution in [0, 0.1) is 6.92 Å². The zero-order chi connectivity index (χ0) is 18.4. The number of aryl methyl sites for hydroxylation is 1. The maximum absolute atomic E-state index is 12.3. The third kappa shape index (κ3) is 4.98. The van der Waals surface area contributed by atoms with Crippen LogP contribution in [0.25, 0.3) is 0 Å². The lowest BCUT2D eigenvalue weighted by Crippen LogP contribution is -2.52. The second kappa shape index (κ2) is 8.71. The van der Waals surface area contributed by atoms with Crippen molar-refractivity contribution < 1.29 is 9.32 Å². The number of rotatable bonds is 6. The van der Waals surface area contributed by atoms with Gasteiger partial charge in [0, 0.05) is 58.1 Å². The largest absolute Gasteiger partial charge is 0.373 e. The summed E-state index contributed by atoms with van der Waals surface area (Å²) in [5, 5.41) is 6.93. The van der Waals surface area contributed by atoms with Gasteiger partial charge in [-0.2, -0.15) is 0 Å². The Hall–Kier alpha value is -2.54. The summed E-state index contributed by atoms with van der Waals surface area (Å²) < 4.78 is 5.26. The lowest BCUT2D eigenvalue weighted by Gasteiger charge is -2.34. The average Bonchev–Trinajstić information content (AvgIpc) is 3.07. The SMILES string of the molecule is Cc1cc(CN2CCN(C(=O)NCCN(C)c3ccccc3)CC2)on1. The molecule has 140 valence electrons. The van der Waals surface area contributed by atoms with Gasteiger partial charge in [0.2, 0.25) is 0 Å². The summed E-state index contributed by atoms with van der Waals surface area (Å²) in [5.74, 6) is 0.879. The molecule has 1 aliphatic heterocycles. The number of anilines is 1. The second-order valence-corrected chi connectivity index (χ2v) is 6.69. The van der Waals surface area contributed by atoms with E-state index in [2.05, 4.69) is 32.4 Å². The van der Waals surface area contributed by atoms with Crippen LogP contribution >= 0.6 is 0 Å². The molecule has 1 aromatic carbocycles. The molecule has 0 aliphatic carbocycles. The van der Waals surface area contributed by atoms with E-state index in [1.54, 1.807) is 0 Å². The fourth-order valence-corrected chi connectivity index (χ4v) is 3.07. The summed E-state index contributed by atoms with van der Waals surface area (Å²) >= 11 is 0. The molecule has 0 saturated carbocycles. The Bertz CT molecular complexity index is 695. The van der Waals surface area contributed by atoms with E-state index in [1.165, 1.54) is 0 Å². The molecule has 1 saturated heterocycles. The van der Waals surface area contributed by atoms with Crippen molar-refractivity contribution >= 4 is 11.7 Å². The molecule has 1 aliphatic rings. The van der Waals surface area contributed by atoms with Crippen LogP contribution in [0.3, 0.4) is 0 Å². The number of piperazine rings is 1. The number of hydrogen-bond donors (Lipinski definition) is 1. The van der Waals surface area contributed by atoms with E-state index < -0.39 is 0 Å². The zero-order valence-electron chi connectivity index (χ0n) is 15.5. The Morgan fingerprint density at radius 3 is 2.62 bits per heavy atom. The molecule has 0 radical (unpaired) electrons. The monoisotopic (exact) mass is 357 g/mol. The fourth-order valence-electron chi connectivity index (χ4n) is 3.07. The highest BCUT2D eigenvalue weighted by Gasteiger charge is 2.21. The normalized spacial score (nSPS) is 15.1. The minimum atomic E-state index is 0.0154. The van der Waals surface area contributed by atoms with Gasteiger partial charge in [0.25, 0.3) is 0 Å². The molecular formula is C19H27N5O2. The molecule has 0 atom stereocenters. The number of para-hydroxylation sites is 1. The van der Waals surface area contributed by atoms with Gasteiger partial charge < -0.3 is 19.6 Å². The quantitative estimate of drug-likeness (QED) is 0.856. The van der Waals surface area contributed by atoms with Crippen molar-refractivity contribution in [3.05, 3.63) is 47.9 Å². The highest BCUT2D eigenvalue weighted by atomic mass is 16.5. The van der Waals surface area contributed by atoms with Crippen molar-refractivity contribution in [2.75, 3.05) is 51.2 Å². The summed E-state index contributed by atoms with van der Waals surface area (Å²) in [5.41, 5.74) is 2.05. The Labute approximate surface area is 154 Å². The highest BCUT2D eigenvalue weighted by Crippen LogP contribution is 2.11.